The van der Waals surface area contributed by atoms with Gasteiger partial charge >= 0.3 is 0 Å². The maximum absolute atomic E-state index is 4.99. The number of ether oxygens (including phenoxy) is 1. The van der Waals surface area contributed by atoms with E-state index < -0.39 is 0 Å². The Morgan fingerprint density at radius 3 is 2.69 bits per heavy atom. The third-order valence-corrected chi connectivity index (χ3v) is 3.52. The highest BCUT2D eigenvalue weighted by Crippen LogP contribution is 2.29. The van der Waals surface area contributed by atoms with E-state index in [9.17, 15) is 0 Å². The van der Waals surface area contributed by atoms with Crippen LogP contribution in [0.25, 0.3) is 0 Å². The van der Waals surface area contributed by atoms with Crippen LogP contribution in [0.3, 0.4) is 0 Å². The largest absolute Gasteiger partial charge is 0.383 e. The van der Waals surface area contributed by atoms with Crippen molar-refractivity contribution in [3.05, 3.63) is 11.6 Å². The number of allylic oxidation sites excluding steroid dienone is 1. The predicted octanol–water partition coefficient (Wildman–Crippen LogP) is 3.14. The lowest BCUT2D eigenvalue weighted by molar-refractivity contribution is 0.199. The van der Waals surface area contributed by atoms with Crippen molar-refractivity contribution in [3.8, 4) is 0 Å². The average molecular weight is 225 g/mol. The van der Waals surface area contributed by atoms with E-state index in [1.165, 1.54) is 32.1 Å². The average Bonchev–Trinajstić information content (AvgIpc) is 2.34. The molecule has 0 aliphatic heterocycles. The molecule has 0 unspecified atom stereocenters. The summed E-state index contributed by atoms with van der Waals surface area (Å²) in [6.07, 6.45) is 10.7. The van der Waals surface area contributed by atoms with E-state index in [0.29, 0.717) is 0 Å². The van der Waals surface area contributed by atoms with E-state index in [4.69, 9.17) is 4.74 Å². The monoisotopic (exact) mass is 225 g/mol. The first kappa shape index (κ1) is 13.7. The summed E-state index contributed by atoms with van der Waals surface area (Å²) < 4.78 is 4.99. The number of methoxy groups -OCH3 is 1. The van der Waals surface area contributed by atoms with Gasteiger partial charge in [-0.3, -0.25) is 0 Å². The van der Waals surface area contributed by atoms with Gasteiger partial charge in [-0.25, -0.2) is 0 Å². The number of hydrogen-bond acceptors (Lipinski definition) is 2. The van der Waals surface area contributed by atoms with E-state index >= 15 is 0 Å². The first-order valence-corrected chi connectivity index (χ1v) is 6.71. The Morgan fingerprint density at radius 1 is 1.25 bits per heavy atom. The molecule has 0 aromatic rings. The van der Waals surface area contributed by atoms with Crippen LogP contribution < -0.4 is 5.32 Å². The second kappa shape index (κ2) is 8.77. The van der Waals surface area contributed by atoms with Gasteiger partial charge in [0, 0.05) is 13.7 Å². The molecule has 94 valence electrons. The summed E-state index contributed by atoms with van der Waals surface area (Å²) in [5, 5.41) is 3.38. The van der Waals surface area contributed by atoms with Gasteiger partial charge in [-0.05, 0) is 38.6 Å². The van der Waals surface area contributed by atoms with Gasteiger partial charge in [-0.1, -0.05) is 30.9 Å². The Balaban J connectivity index is 2.07. The maximum atomic E-state index is 4.99. The number of nitrogens with one attached hydrogen (secondary N) is 1. The highest BCUT2D eigenvalue weighted by molar-refractivity contribution is 5.04. The Kier molecular flexibility index (Phi) is 7.52. The van der Waals surface area contributed by atoms with Gasteiger partial charge < -0.3 is 10.1 Å². The van der Waals surface area contributed by atoms with E-state index in [0.717, 1.165) is 32.0 Å². The molecule has 0 spiro atoms. The van der Waals surface area contributed by atoms with Crippen LogP contribution in [0.5, 0.6) is 0 Å². The zero-order chi connectivity index (χ0) is 11.6. The third-order valence-electron chi connectivity index (χ3n) is 3.52. The Labute approximate surface area is 100 Å². The highest BCUT2D eigenvalue weighted by atomic mass is 16.5. The van der Waals surface area contributed by atoms with Crippen molar-refractivity contribution < 1.29 is 4.74 Å². The molecule has 0 amide bonds. The minimum Gasteiger partial charge on any atom is -0.383 e. The van der Waals surface area contributed by atoms with Crippen molar-refractivity contribution in [1.82, 2.24) is 5.32 Å². The molecular weight excluding hydrogens is 198 g/mol. The lowest BCUT2D eigenvalue weighted by atomic mass is 9.84. The van der Waals surface area contributed by atoms with Crippen molar-refractivity contribution in [1.29, 1.82) is 0 Å². The molecule has 0 saturated heterocycles. The molecule has 1 N–H and O–H groups in total. The standard InChI is InChI=1S/C14H27NO/c1-13(14-8-4-3-5-9-14)7-6-10-15-11-12-16-2/h7,14-15H,3-6,8-12H2,1-2H3. The smallest absolute Gasteiger partial charge is 0.0587 e. The summed E-state index contributed by atoms with van der Waals surface area (Å²) in [6, 6.07) is 0. The molecule has 2 nitrogen and oxygen atoms in total. The fraction of sp³-hybridized carbons (Fsp3) is 0.857. The van der Waals surface area contributed by atoms with E-state index in [-0.39, 0.29) is 0 Å². The van der Waals surface area contributed by atoms with Crippen molar-refractivity contribution >= 4 is 0 Å². The Morgan fingerprint density at radius 2 is 2.00 bits per heavy atom. The first-order valence-electron chi connectivity index (χ1n) is 6.71. The lowest BCUT2D eigenvalue weighted by Gasteiger charge is -2.22. The summed E-state index contributed by atoms with van der Waals surface area (Å²) in [5.41, 5.74) is 1.62. The van der Waals surface area contributed by atoms with Crippen LogP contribution in [0.4, 0.5) is 0 Å². The fourth-order valence-corrected chi connectivity index (χ4v) is 2.43. The lowest BCUT2D eigenvalue weighted by Crippen LogP contribution is -2.20. The van der Waals surface area contributed by atoms with Crippen molar-refractivity contribution in [2.45, 2.75) is 45.4 Å². The molecule has 1 rings (SSSR count). The van der Waals surface area contributed by atoms with Crippen molar-refractivity contribution in [2.24, 2.45) is 5.92 Å². The molecule has 0 aromatic heterocycles. The quantitative estimate of drug-likeness (QED) is 0.531. The fourth-order valence-electron chi connectivity index (χ4n) is 2.43. The molecule has 0 radical (unpaired) electrons. The van der Waals surface area contributed by atoms with E-state index in [2.05, 4.69) is 18.3 Å². The van der Waals surface area contributed by atoms with Gasteiger partial charge in [0.05, 0.1) is 6.61 Å². The first-order chi connectivity index (χ1) is 7.84. The van der Waals surface area contributed by atoms with Crippen molar-refractivity contribution in [2.75, 3.05) is 26.8 Å². The summed E-state index contributed by atoms with van der Waals surface area (Å²) in [7, 11) is 1.74. The van der Waals surface area contributed by atoms with Gasteiger partial charge in [-0.2, -0.15) is 0 Å². The van der Waals surface area contributed by atoms with Gasteiger partial charge in [0.15, 0.2) is 0 Å². The van der Waals surface area contributed by atoms with Gasteiger partial charge in [0.2, 0.25) is 0 Å². The maximum Gasteiger partial charge on any atom is 0.0587 e. The minimum atomic E-state index is 0.811. The molecular formula is C14H27NO. The van der Waals surface area contributed by atoms with Crippen LogP contribution >= 0.6 is 0 Å². The van der Waals surface area contributed by atoms with Crippen LogP contribution in [-0.2, 0) is 4.74 Å². The van der Waals surface area contributed by atoms with Gasteiger partial charge in [0.1, 0.15) is 0 Å². The zero-order valence-electron chi connectivity index (χ0n) is 10.9. The second-order valence-electron chi connectivity index (χ2n) is 4.81. The van der Waals surface area contributed by atoms with Crippen LogP contribution in [0.1, 0.15) is 45.4 Å². The topological polar surface area (TPSA) is 21.3 Å². The summed E-state index contributed by atoms with van der Waals surface area (Å²) >= 11 is 0. The molecule has 0 aromatic carbocycles. The molecule has 1 aliphatic rings. The summed E-state index contributed by atoms with van der Waals surface area (Å²) in [4.78, 5) is 0. The molecule has 1 aliphatic carbocycles. The van der Waals surface area contributed by atoms with Gasteiger partial charge in [-0.15, -0.1) is 0 Å². The number of rotatable bonds is 7. The molecule has 0 atom stereocenters. The normalized spacial score (nSPS) is 19.0. The minimum absolute atomic E-state index is 0.811. The highest BCUT2D eigenvalue weighted by Gasteiger charge is 2.13. The predicted molar refractivity (Wildman–Crippen MR) is 69.7 cm³/mol. The van der Waals surface area contributed by atoms with Crippen molar-refractivity contribution in [3.63, 3.8) is 0 Å². The van der Waals surface area contributed by atoms with Gasteiger partial charge in [0.25, 0.3) is 0 Å². The molecule has 1 fully saturated rings. The molecule has 0 heterocycles. The van der Waals surface area contributed by atoms with E-state index in [1.54, 1.807) is 12.7 Å². The Bertz CT molecular complexity index is 195. The molecule has 16 heavy (non-hydrogen) atoms. The molecule has 2 heteroatoms. The molecule has 0 bridgehead atoms. The second-order valence-corrected chi connectivity index (χ2v) is 4.81. The van der Waals surface area contributed by atoms with Crippen LogP contribution in [-0.4, -0.2) is 26.8 Å². The van der Waals surface area contributed by atoms with Crippen LogP contribution in [0.2, 0.25) is 0 Å². The van der Waals surface area contributed by atoms with E-state index in [1.807, 2.05) is 0 Å². The SMILES string of the molecule is COCCNCCC=C(C)C1CCCCC1. The summed E-state index contributed by atoms with van der Waals surface area (Å²) in [5.74, 6) is 0.882. The third kappa shape index (κ3) is 5.66. The molecule has 1 saturated carbocycles. The van der Waals surface area contributed by atoms with Crippen LogP contribution in [0.15, 0.2) is 11.6 Å². The summed E-state index contributed by atoms with van der Waals surface area (Å²) in [6.45, 7) is 5.16. The number of hydrogen-bond donors (Lipinski definition) is 1. The zero-order valence-corrected chi connectivity index (χ0v) is 10.9. The van der Waals surface area contributed by atoms with Crippen LogP contribution in [0, 0.1) is 5.92 Å². The Hall–Kier alpha value is -0.340.